The molecule has 2 nitrogen and oxygen atoms in total. The third-order valence-corrected chi connectivity index (χ3v) is 3.87. The highest BCUT2D eigenvalue weighted by molar-refractivity contribution is 7.75. The summed E-state index contributed by atoms with van der Waals surface area (Å²) in [6, 6.07) is 0. The minimum atomic E-state index is -1.72. The Hall–Kier alpha value is 0.640. The van der Waals surface area contributed by atoms with Crippen LogP contribution in [0.2, 0.25) is 0 Å². The van der Waals surface area contributed by atoms with E-state index in [9.17, 15) is 0 Å². The molecule has 4 atom stereocenters. The van der Waals surface area contributed by atoms with Crippen molar-refractivity contribution >= 4 is 19.0 Å². The molecule has 0 bridgehead atoms. The van der Waals surface area contributed by atoms with Crippen molar-refractivity contribution in [3.8, 4) is 0 Å². The molecule has 1 unspecified atom stereocenters. The highest BCUT2D eigenvalue weighted by Crippen LogP contribution is 2.45. The minimum absolute atomic E-state index is 0.160. The van der Waals surface area contributed by atoms with Crippen LogP contribution < -0.4 is 0 Å². The molecule has 0 aliphatic heterocycles. The predicted molar refractivity (Wildman–Crippen MR) is 61.2 cm³/mol. The SMILES string of the molecule is CC(C)[C@@H]1CC[C@@H](C)C[C@H]1OP(O)Cl. The molecule has 0 spiro atoms. The van der Waals surface area contributed by atoms with Crippen LogP contribution in [0.25, 0.3) is 0 Å². The van der Waals surface area contributed by atoms with Gasteiger partial charge in [0.2, 0.25) is 0 Å². The smallest absolute Gasteiger partial charge is 0.274 e. The Morgan fingerprint density at radius 2 is 2.07 bits per heavy atom. The Morgan fingerprint density at radius 1 is 1.43 bits per heavy atom. The summed E-state index contributed by atoms with van der Waals surface area (Å²) in [5.41, 5.74) is 0. The molecule has 1 N–H and O–H groups in total. The summed E-state index contributed by atoms with van der Waals surface area (Å²) in [5.74, 6) is 1.86. The van der Waals surface area contributed by atoms with E-state index in [-0.39, 0.29) is 6.10 Å². The maximum atomic E-state index is 9.10. The maximum Gasteiger partial charge on any atom is 0.274 e. The quantitative estimate of drug-likeness (QED) is 0.755. The van der Waals surface area contributed by atoms with E-state index in [1.807, 2.05) is 0 Å². The first-order chi connectivity index (χ1) is 6.50. The van der Waals surface area contributed by atoms with Crippen LogP contribution >= 0.6 is 19.0 Å². The first kappa shape index (κ1) is 12.7. The fourth-order valence-electron chi connectivity index (χ4n) is 2.35. The van der Waals surface area contributed by atoms with E-state index in [4.69, 9.17) is 20.7 Å². The lowest BCUT2D eigenvalue weighted by atomic mass is 9.75. The Balaban J connectivity index is 2.54. The third-order valence-electron chi connectivity index (χ3n) is 3.18. The van der Waals surface area contributed by atoms with Crippen molar-refractivity contribution < 1.29 is 9.42 Å². The zero-order chi connectivity index (χ0) is 10.7. The molecule has 1 saturated carbocycles. The normalized spacial score (nSPS) is 36.0. The van der Waals surface area contributed by atoms with Gasteiger partial charge in [-0.25, -0.2) is 0 Å². The van der Waals surface area contributed by atoms with Crippen molar-refractivity contribution in [3.05, 3.63) is 0 Å². The van der Waals surface area contributed by atoms with Gasteiger partial charge in [0, 0.05) is 0 Å². The van der Waals surface area contributed by atoms with Crippen molar-refractivity contribution in [2.75, 3.05) is 0 Å². The molecule has 1 fully saturated rings. The topological polar surface area (TPSA) is 29.5 Å². The maximum absolute atomic E-state index is 9.10. The van der Waals surface area contributed by atoms with Crippen LogP contribution in [-0.2, 0) is 4.52 Å². The lowest BCUT2D eigenvalue weighted by Crippen LogP contribution is -2.32. The first-order valence-corrected chi connectivity index (χ1v) is 7.44. The van der Waals surface area contributed by atoms with Crippen molar-refractivity contribution in [1.82, 2.24) is 0 Å². The van der Waals surface area contributed by atoms with Crippen molar-refractivity contribution in [2.24, 2.45) is 17.8 Å². The monoisotopic (exact) mass is 238 g/mol. The van der Waals surface area contributed by atoms with E-state index in [1.165, 1.54) is 12.8 Å². The van der Waals surface area contributed by atoms with Crippen molar-refractivity contribution in [2.45, 2.75) is 46.1 Å². The Morgan fingerprint density at radius 3 is 2.57 bits per heavy atom. The lowest BCUT2D eigenvalue weighted by Gasteiger charge is -2.36. The van der Waals surface area contributed by atoms with Gasteiger partial charge >= 0.3 is 0 Å². The molecule has 0 saturated heterocycles. The molecule has 0 heterocycles. The summed E-state index contributed by atoms with van der Waals surface area (Å²) in [6.45, 7) is 6.66. The van der Waals surface area contributed by atoms with Gasteiger partial charge in [-0.2, -0.15) is 0 Å². The molecule has 0 amide bonds. The average Bonchev–Trinajstić information content (AvgIpc) is 2.01. The second-order valence-electron chi connectivity index (χ2n) is 4.70. The van der Waals surface area contributed by atoms with E-state index < -0.39 is 7.73 Å². The standard InChI is InChI=1S/C10H20ClO2P/c1-7(2)9-5-4-8(3)6-10(9)13-14(11)12/h7-10,12H,4-6H2,1-3H3/t8-,9+,10-,14?/m1/s1. The zero-order valence-electron chi connectivity index (χ0n) is 9.11. The Labute approximate surface area is 92.7 Å². The number of hydrogen-bond acceptors (Lipinski definition) is 2. The minimum Gasteiger partial charge on any atom is -0.338 e. The van der Waals surface area contributed by atoms with Crippen molar-refractivity contribution in [3.63, 3.8) is 0 Å². The first-order valence-electron chi connectivity index (χ1n) is 5.32. The molecule has 0 aromatic carbocycles. The number of halogens is 1. The molecule has 0 aromatic heterocycles. The molecule has 4 heteroatoms. The second kappa shape index (κ2) is 5.65. The van der Waals surface area contributed by atoms with Crippen molar-refractivity contribution in [1.29, 1.82) is 0 Å². The zero-order valence-corrected chi connectivity index (χ0v) is 10.8. The summed E-state index contributed by atoms with van der Waals surface area (Å²) in [5, 5.41) is 0. The molecule has 84 valence electrons. The van der Waals surface area contributed by atoms with Gasteiger partial charge in [0.15, 0.2) is 0 Å². The van der Waals surface area contributed by atoms with Crippen LogP contribution in [0.15, 0.2) is 0 Å². The second-order valence-corrected chi connectivity index (χ2v) is 6.23. The summed E-state index contributed by atoms with van der Waals surface area (Å²) < 4.78 is 5.42. The molecular formula is C10H20ClO2P. The highest BCUT2D eigenvalue weighted by Gasteiger charge is 2.32. The fraction of sp³-hybridized carbons (Fsp3) is 1.00. The molecule has 1 aliphatic carbocycles. The van der Waals surface area contributed by atoms with Gasteiger partial charge in [-0.05, 0) is 41.8 Å². The number of hydrogen-bond donors (Lipinski definition) is 1. The summed E-state index contributed by atoms with van der Waals surface area (Å²) in [4.78, 5) is 9.10. The molecule has 1 aliphatic rings. The number of rotatable bonds is 3. The van der Waals surface area contributed by atoms with Gasteiger partial charge in [-0.3, -0.25) is 0 Å². The van der Waals surface area contributed by atoms with Gasteiger partial charge in [-0.1, -0.05) is 27.2 Å². The van der Waals surface area contributed by atoms with E-state index in [0.717, 1.165) is 6.42 Å². The molecule has 0 aromatic rings. The molecule has 1 rings (SSSR count). The highest BCUT2D eigenvalue weighted by atomic mass is 35.7. The largest absolute Gasteiger partial charge is 0.338 e. The predicted octanol–water partition coefficient (Wildman–Crippen LogP) is 3.92. The fourth-order valence-corrected chi connectivity index (χ4v) is 3.12. The Kier molecular flexibility index (Phi) is 5.13. The van der Waals surface area contributed by atoms with Gasteiger partial charge < -0.3 is 9.42 Å². The lowest BCUT2D eigenvalue weighted by molar-refractivity contribution is 0.0503. The summed E-state index contributed by atoms with van der Waals surface area (Å²) >= 11 is 5.53. The summed E-state index contributed by atoms with van der Waals surface area (Å²) in [7, 11) is -1.72. The van der Waals surface area contributed by atoms with Gasteiger partial charge in [-0.15, -0.1) is 0 Å². The van der Waals surface area contributed by atoms with Gasteiger partial charge in [0.05, 0.1) is 6.10 Å². The van der Waals surface area contributed by atoms with E-state index in [1.54, 1.807) is 0 Å². The molecular weight excluding hydrogens is 219 g/mol. The van der Waals surface area contributed by atoms with Crippen LogP contribution in [0.1, 0.15) is 40.0 Å². The van der Waals surface area contributed by atoms with Crippen LogP contribution in [0, 0.1) is 17.8 Å². The van der Waals surface area contributed by atoms with Crippen LogP contribution in [0.4, 0.5) is 0 Å². The molecule has 14 heavy (non-hydrogen) atoms. The van der Waals surface area contributed by atoms with Gasteiger partial charge in [0.25, 0.3) is 7.73 Å². The van der Waals surface area contributed by atoms with Crippen LogP contribution in [-0.4, -0.2) is 11.0 Å². The van der Waals surface area contributed by atoms with Gasteiger partial charge in [0.1, 0.15) is 0 Å². The Bertz CT molecular complexity index is 174. The summed E-state index contributed by atoms with van der Waals surface area (Å²) in [6.07, 6.45) is 3.67. The van der Waals surface area contributed by atoms with Crippen LogP contribution in [0.5, 0.6) is 0 Å². The van der Waals surface area contributed by atoms with E-state index in [0.29, 0.717) is 17.8 Å². The third kappa shape index (κ3) is 3.66. The van der Waals surface area contributed by atoms with E-state index in [2.05, 4.69) is 20.8 Å². The average molecular weight is 239 g/mol. The molecule has 0 radical (unpaired) electrons. The van der Waals surface area contributed by atoms with Crippen LogP contribution in [0.3, 0.4) is 0 Å². The van der Waals surface area contributed by atoms with E-state index >= 15 is 0 Å².